The van der Waals surface area contributed by atoms with Crippen molar-refractivity contribution >= 4 is 5.78 Å². The Hall–Kier alpha value is -0.370. The van der Waals surface area contributed by atoms with Gasteiger partial charge in [0.2, 0.25) is 0 Å². The molecule has 86 valence electrons. The lowest BCUT2D eigenvalue weighted by atomic mass is 9.93. The maximum Gasteiger partial charge on any atom is 0.133 e. The van der Waals surface area contributed by atoms with Crippen molar-refractivity contribution < 1.29 is 4.79 Å². The van der Waals surface area contributed by atoms with Crippen molar-refractivity contribution in [2.24, 2.45) is 5.92 Å². The number of nitrogens with zero attached hydrogens (tertiary/aromatic N) is 1. The topological polar surface area (TPSA) is 20.3 Å². The molecule has 0 aromatic rings. The fourth-order valence-corrected chi connectivity index (χ4v) is 2.94. The molecule has 1 saturated carbocycles. The van der Waals surface area contributed by atoms with Gasteiger partial charge >= 0.3 is 0 Å². The van der Waals surface area contributed by atoms with E-state index in [1.807, 2.05) is 0 Å². The quantitative estimate of drug-likeness (QED) is 0.661. The highest BCUT2D eigenvalue weighted by Gasteiger charge is 2.25. The number of carbonyl (C=O) groups excluding carboxylic acids is 1. The van der Waals surface area contributed by atoms with Crippen molar-refractivity contribution in [1.29, 1.82) is 0 Å². The van der Waals surface area contributed by atoms with E-state index in [1.54, 1.807) is 0 Å². The molecular formula is C13H23NO. The first-order chi connectivity index (χ1) is 7.25. The molecule has 2 heteroatoms. The van der Waals surface area contributed by atoms with Gasteiger partial charge in [-0.05, 0) is 51.1 Å². The standard InChI is InChI=1S/C13H23NO/c1-11-3-2-9-14(10-8-11)12-4-6-13(15)7-5-12/h11-12H,2-10H2,1H3. The molecule has 0 aromatic heterocycles. The number of hydrogen-bond acceptors (Lipinski definition) is 2. The summed E-state index contributed by atoms with van der Waals surface area (Å²) in [6.45, 7) is 4.90. The summed E-state index contributed by atoms with van der Waals surface area (Å²) in [5, 5.41) is 0. The van der Waals surface area contributed by atoms with E-state index in [9.17, 15) is 4.79 Å². The summed E-state index contributed by atoms with van der Waals surface area (Å²) in [6.07, 6.45) is 7.99. The lowest BCUT2D eigenvalue weighted by Crippen LogP contribution is -2.38. The largest absolute Gasteiger partial charge is 0.300 e. The van der Waals surface area contributed by atoms with Gasteiger partial charge in [0, 0.05) is 18.9 Å². The predicted octanol–water partition coefficient (Wildman–Crippen LogP) is 2.62. The molecule has 2 rings (SSSR count). The Kier molecular flexibility index (Phi) is 3.79. The average molecular weight is 209 g/mol. The third kappa shape index (κ3) is 3.04. The Morgan fingerprint density at radius 2 is 1.80 bits per heavy atom. The van der Waals surface area contributed by atoms with Crippen molar-refractivity contribution in [1.82, 2.24) is 4.90 Å². The highest BCUT2D eigenvalue weighted by Crippen LogP contribution is 2.24. The summed E-state index contributed by atoms with van der Waals surface area (Å²) in [6, 6.07) is 0.716. The average Bonchev–Trinajstić information content (AvgIpc) is 2.44. The van der Waals surface area contributed by atoms with Crippen LogP contribution in [0.15, 0.2) is 0 Å². The Balaban J connectivity index is 1.84. The van der Waals surface area contributed by atoms with Gasteiger partial charge in [-0.1, -0.05) is 6.92 Å². The van der Waals surface area contributed by atoms with Gasteiger partial charge in [0.1, 0.15) is 5.78 Å². The second kappa shape index (κ2) is 5.11. The van der Waals surface area contributed by atoms with Gasteiger partial charge in [-0.25, -0.2) is 0 Å². The van der Waals surface area contributed by atoms with Gasteiger partial charge in [-0.2, -0.15) is 0 Å². The molecule has 1 aliphatic heterocycles. The smallest absolute Gasteiger partial charge is 0.133 e. The minimum absolute atomic E-state index is 0.481. The summed E-state index contributed by atoms with van der Waals surface area (Å²) < 4.78 is 0. The molecule has 1 aliphatic carbocycles. The van der Waals surface area contributed by atoms with Crippen molar-refractivity contribution in [3.05, 3.63) is 0 Å². The van der Waals surface area contributed by atoms with Crippen LogP contribution in [0.25, 0.3) is 0 Å². The molecule has 0 amide bonds. The predicted molar refractivity (Wildman–Crippen MR) is 61.9 cm³/mol. The number of ketones is 1. The van der Waals surface area contributed by atoms with Crippen LogP contribution in [0, 0.1) is 5.92 Å². The van der Waals surface area contributed by atoms with Crippen LogP contribution in [-0.4, -0.2) is 29.8 Å². The molecule has 1 unspecified atom stereocenters. The van der Waals surface area contributed by atoms with Gasteiger partial charge in [0.25, 0.3) is 0 Å². The van der Waals surface area contributed by atoms with Crippen LogP contribution in [0.5, 0.6) is 0 Å². The Bertz CT molecular complexity index is 217. The summed E-state index contributed by atoms with van der Waals surface area (Å²) in [5.41, 5.74) is 0. The molecule has 0 aromatic carbocycles. The lowest BCUT2D eigenvalue weighted by molar-refractivity contribution is -0.121. The van der Waals surface area contributed by atoms with E-state index in [4.69, 9.17) is 0 Å². The van der Waals surface area contributed by atoms with Crippen LogP contribution < -0.4 is 0 Å². The van der Waals surface area contributed by atoms with E-state index in [2.05, 4.69) is 11.8 Å². The molecule has 0 spiro atoms. The molecule has 2 nitrogen and oxygen atoms in total. The van der Waals surface area contributed by atoms with Crippen LogP contribution >= 0.6 is 0 Å². The van der Waals surface area contributed by atoms with E-state index < -0.39 is 0 Å². The van der Waals surface area contributed by atoms with Crippen LogP contribution in [-0.2, 0) is 4.79 Å². The molecule has 0 bridgehead atoms. The zero-order valence-electron chi connectivity index (χ0n) is 9.87. The number of Topliss-reactive ketones (excluding diaryl/α,β-unsaturated/α-hetero) is 1. The summed E-state index contributed by atoms with van der Waals surface area (Å²) in [4.78, 5) is 13.8. The van der Waals surface area contributed by atoms with Crippen LogP contribution in [0.3, 0.4) is 0 Å². The van der Waals surface area contributed by atoms with Gasteiger partial charge in [-0.3, -0.25) is 4.79 Å². The first kappa shape index (κ1) is 11.1. The van der Waals surface area contributed by atoms with E-state index in [1.165, 1.54) is 32.4 Å². The fourth-order valence-electron chi connectivity index (χ4n) is 2.94. The zero-order valence-corrected chi connectivity index (χ0v) is 9.87. The summed E-state index contributed by atoms with van der Waals surface area (Å²) in [5.74, 6) is 1.38. The highest BCUT2D eigenvalue weighted by molar-refractivity contribution is 5.79. The minimum atomic E-state index is 0.481. The first-order valence-electron chi connectivity index (χ1n) is 6.51. The van der Waals surface area contributed by atoms with Crippen LogP contribution in [0.1, 0.15) is 51.9 Å². The normalized spacial score (nSPS) is 31.5. The SMILES string of the molecule is CC1CCCN(C2CCC(=O)CC2)CC1. The molecule has 1 saturated heterocycles. The van der Waals surface area contributed by atoms with Gasteiger partial charge < -0.3 is 4.90 Å². The molecular weight excluding hydrogens is 186 g/mol. The second-order valence-electron chi connectivity index (χ2n) is 5.34. The van der Waals surface area contributed by atoms with Crippen LogP contribution in [0.2, 0.25) is 0 Å². The molecule has 15 heavy (non-hydrogen) atoms. The van der Waals surface area contributed by atoms with E-state index in [-0.39, 0.29) is 0 Å². The maximum atomic E-state index is 11.2. The molecule has 1 atom stereocenters. The molecule has 2 fully saturated rings. The lowest BCUT2D eigenvalue weighted by Gasteiger charge is -2.33. The molecule has 0 N–H and O–H groups in total. The molecule has 0 radical (unpaired) electrons. The van der Waals surface area contributed by atoms with Gasteiger partial charge in [0.15, 0.2) is 0 Å². The maximum absolute atomic E-state index is 11.2. The number of likely N-dealkylation sites (tertiary alicyclic amines) is 1. The third-order valence-electron chi connectivity index (χ3n) is 4.08. The van der Waals surface area contributed by atoms with Crippen molar-refractivity contribution in [2.75, 3.05) is 13.1 Å². The number of rotatable bonds is 1. The first-order valence-corrected chi connectivity index (χ1v) is 6.51. The van der Waals surface area contributed by atoms with Crippen LogP contribution in [0.4, 0.5) is 0 Å². The Morgan fingerprint density at radius 1 is 1.07 bits per heavy atom. The number of carbonyl (C=O) groups is 1. The summed E-state index contributed by atoms with van der Waals surface area (Å²) in [7, 11) is 0. The van der Waals surface area contributed by atoms with Gasteiger partial charge in [0.05, 0.1) is 0 Å². The van der Waals surface area contributed by atoms with Crippen molar-refractivity contribution in [3.8, 4) is 0 Å². The van der Waals surface area contributed by atoms with Crippen molar-refractivity contribution in [2.45, 2.75) is 57.9 Å². The minimum Gasteiger partial charge on any atom is -0.300 e. The fraction of sp³-hybridized carbons (Fsp3) is 0.923. The van der Waals surface area contributed by atoms with Gasteiger partial charge in [-0.15, -0.1) is 0 Å². The Morgan fingerprint density at radius 3 is 2.53 bits per heavy atom. The van der Waals surface area contributed by atoms with E-state index in [0.29, 0.717) is 11.8 Å². The van der Waals surface area contributed by atoms with E-state index >= 15 is 0 Å². The van der Waals surface area contributed by atoms with Crippen molar-refractivity contribution in [3.63, 3.8) is 0 Å². The third-order valence-corrected chi connectivity index (χ3v) is 4.08. The number of hydrogen-bond donors (Lipinski definition) is 0. The Labute approximate surface area is 93.0 Å². The molecule has 1 heterocycles. The van der Waals surface area contributed by atoms with E-state index in [0.717, 1.165) is 31.6 Å². The monoisotopic (exact) mass is 209 g/mol. The summed E-state index contributed by atoms with van der Waals surface area (Å²) >= 11 is 0. The zero-order chi connectivity index (χ0) is 10.7. The second-order valence-corrected chi connectivity index (χ2v) is 5.34. The molecule has 2 aliphatic rings. The highest BCUT2D eigenvalue weighted by atomic mass is 16.1.